The lowest BCUT2D eigenvalue weighted by Crippen LogP contribution is -2.52. The summed E-state index contributed by atoms with van der Waals surface area (Å²) in [4.78, 5) is 0. The molecule has 1 rings (SSSR count). The number of nitrogens with one attached hydrogen (secondary N) is 2. The van der Waals surface area contributed by atoms with Gasteiger partial charge in [-0.1, -0.05) is 30.9 Å². The van der Waals surface area contributed by atoms with E-state index in [1.54, 1.807) is 0 Å². The Bertz CT molecular complexity index is 115. The molecule has 0 aromatic rings. The summed E-state index contributed by atoms with van der Waals surface area (Å²) in [5.41, 5.74) is 0.346. The normalized spacial score (nSPS) is 26.5. The summed E-state index contributed by atoms with van der Waals surface area (Å²) in [5, 5.41) is 6.80. The zero-order valence-corrected chi connectivity index (χ0v) is 7.99. The van der Waals surface area contributed by atoms with Crippen LogP contribution >= 0.6 is 8.58 Å². The highest BCUT2D eigenvalue weighted by atomic mass is 31.1. The SMILES string of the molecule is C.C.C.CNC1NC(C)(C)CCP1. The van der Waals surface area contributed by atoms with Crippen molar-refractivity contribution in [1.29, 1.82) is 0 Å². The summed E-state index contributed by atoms with van der Waals surface area (Å²) in [6.45, 7) is 4.53. The standard InChI is InChI=1S/C7H17N2P.3CH4/c1-7(2)4-5-10-6(8-3)9-7;;;/h6,8-10H,4-5H2,1-3H3;3*1H4. The van der Waals surface area contributed by atoms with Gasteiger partial charge in [-0.05, 0) is 33.5 Å². The first-order chi connectivity index (χ1) is 4.64. The third-order valence-electron chi connectivity index (χ3n) is 1.92. The zero-order chi connectivity index (χ0) is 7.61. The van der Waals surface area contributed by atoms with Gasteiger partial charge in [-0.3, -0.25) is 5.32 Å². The molecule has 0 aliphatic carbocycles. The molecule has 2 N–H and O–H groups in total. The molecule has 2 atom stereocenters. The minimum Gasteiger partial charge on any atom is -0.302 e. The number of rotatable bonds is 1. The largest absolute Gasteiger partial charge is 0.302 e. The van der Waals surface area contributed by atoms with Crippen LogP contribution in [0, 0.1) is 0 Å². The van der Waals surface area contributed by atoms with Gasteiger partial charge in [-0.15, -0.1) is 0 Å². The minimum atomic E-state index is 0. The maximum Gasteiger partial charge on any atom is 0.0745 e. The van der Waals surface area contributed by atoms with E-state index >= 15 is 0 Å². The van der Waals surface area contributed by atoms with Crippen molar-refractivity contribution in [3.8, 4) is 0 Å². The summed E-state index contributed by atoms with van der Waals surface area (Å²) in [7, 11) is 3.06. The number of hydrogen-bond acceptors (Lipinski definition) is 2. The van der Waals surface area contributed by atoms with Gasteiger partial charge in [-0.25, -0.2) is 0 Å². The lowest BCUT2D eigenvalue weighted by molar-refractivity contribution is 0.338. The summed E-state index contributed by atoms with van der Waals surface area (Å²) in [5.74, 6) is 0.559. The Morgan fingerprint density at radius 1 is 1.31 bits per heavy atom. The van der Waals surface area contributed by atoms with E-state index < -0.39 is 0 Å². The summed E-state index contributed by atoms with van der Waals surface area (Å²) in [6, 6.07) is 0. The van der Waals surface area contributed by atoms with Crippen molar-refractivity contribution in [3.63, 3.8) is 0 Å². The molecule has 3 heteroatoms. The molecule has 2 unspecified atom stereocenters. The predicted octanol–water partition coefficient (Wildman–Crippen LogP) is 2.85. The van der Waals surface area contributed by atoms with Gasteiger partial charge < -0.3 is 5.32 Å². The van der Waals surface area contributed by atoms with Gasteiger partial charge in [0.15, 0.2) is 0 Å². The van der Waals surface area contributed by atoms with Crippen LogP contribution in [0.25, 0.3) is 0 Å². The maximum absolute atomic E-state index is 3.54. The molecule has 0 aromatic carbocycles. The molecule has 13 heavy (non-hydrogen) atoms. The second kappa shape index (κ2) is 7.73. The number of hydrogen-bond donors (Lipinski definition) is 2. The second-order valence-corrected chi connectivity index (χ2v) is 4.94. The van der Waals surface area contributed by atoms with E-state index in [9.17, 15) is 0 Å². The summed E-state index contributed by atoms with van der Waals surface area (Å²) < 4.78 is 0. The lowest BCUT2D eigenvalue weighted by atomic mass is 10.0. The van der Waals surface area contributed by atoms with Crippen molar-refractivity contribution in [2.24, 2.45) is 0 Å². The molecular weight excluding hydrogens is 179 g/mol. The Hall–Kier alpha value is 0.350. The Morgan fingerprint density at radius 3 is 2.15 bits per heavy atom. The fourth-order valence-electron chi connectivity index (χ4n) is 1.22. The van der Waals surface area contributed by atoms with Crippen LogP contribution < -0.4 is 10.6 Å². The average molecular weight is 208 g/mol. The highest BCUT2D eigenvalue weighted by molar-refractivity contribution is 7.38. The zero-order valence-electron chi connectivity index (χ0n) is 6.99. The van der Waals surface area contributed by atoms with Crippen LogP contribution in [0.15, 0.2) is 0 Å². The summed E-state index contributed by atoms with van der Waals surface area (Å²) >= 11 is 0. The van der Waals surface area contributed by atoms with Crippen molar-refractivity contribution >= 4 is 8.58 Å². The lowest BCUT2D eigenvalue weighted by Gasteiger charge is -2.36. The van der Waals surface area contributed by atoms with E-state index in [-0.39, 0.29) is 22.3 Å². The molecule has 1 aliphatic heterocycles. The van der Waals surface area contributed by atoms with E-state index in [1.165, 1.54) is 12.6 Å². The van der Waals surface area contributed by atoms with E-state index in [0.29, 0.717) is 11.4 Å². The third-order valence-corrected chi connectivity index (χ3v) is 3.30. The molecule has 2 nitrogen and oxygen atoms in total. The van der Waals surface area contributed by atoms with Gasteiger partial charge in [-0.2, -0.15) is 0 Å². The monoisotopic (exact) mass is 208 g/mol. The van der Waals surface area contributed by atoms with Crippen molar-refractivity contribution in [2.75, 3.05) is 13.2 Å². The highest BCUT2D eigenvalue weighted by Crippen LogP contribution is 2.27. The van der Waals surface area contributed by atoms with Gasteiger partial charge in [0.05, 0.1) is 5.91 Å². The van der Waals surface area contributed by atoms with Gasteiger partial charge in [0.1, 0.15) is 0 Å². The molecule has 0 aromatic heterocycles. The molecule has 1 fully saturated rings. The molecule has 0 spiro atoms. The van der Waals surface area contributed by atoms with Crippen LogP contribution in [0.1, 0.15) is 42.5 Å². The molecule has 84 valence electrons. The van der Waals surface area contributed by atoms with Crippen LogP contribution in [0.4, 0.5) is 0 Å². The maximum atomic E-state index is 3.54. The Kier molecular flexibility index (Phi) is 11.3. The van der Waals surface area contributed by atoms with Gasteiger partial charge in [0.25, 0.3) is 0 Å². The first-order valence-electron chi connectivity index (χ1n) is 3.82. The molecule has 0 bridgehead atoms. The van der Waals surface area contributed by atoms with Crippen molar-refractivity contribution in [1.82, 2.24) is 10.6 Å². The van der Waals surface area contributed by atoms with Crippen LogP contribution in [-0.4, -0.2) is 24.7 Å². The second-order valence-electron chi connectivity index (χ2n) is 3.45. The van der Waals surface area contributed by atoms with Crippen LogP contribution in [0.5, 0.6) is 0 Å². The molecule has 1 heterocycles. The average Bonchev–Trinajstić information content (AvgIpc) is 1.86. The Morgan fingerprint density at radius 2 is 1.85 bits per heavy atom. The summed E-state index contributed by atoms with van der Waals surface area (Å²) in [6.07, 6.45) is 2.68. The molecule has 0 saturated carbocycles. The van der Waals surface area contributed by atoms with Crippen molar-refractivity contribution in [3.05, 3.63) is 0 Å². The fourth-order valence-corrected chi connectivity index (χ4v) is 2.97. The molecule has 1 aliphatic rings. The van der Waals surface area contributed by atoms with Gasteiger partial charge in [0.2, 0.25) is 0 Å². The molecule has 1 saturated heterocycles. The highest BCUT2D eigenvalue weighted by Gasteiger charge is 2.25. The van der Waals surface area contributed by atoms with E-state index in [0.717, 1.165) is 8.58 Å². The molecular formula is C10H29N2P. The van der Waals surface area contributed by atoms with E-state index in [1.807, 2.05) is 7.05 Å². The quantitative estimate of drug-likeness (QED) is 0.647. The van der Waals surface area contributed by atoms with E-state index in [2.05, 4.69) is 24.5 Å². The topological polar surface area (TPSA) is 24.1 Å². The van der Waals surface area contributed by atoms with Crippen LogP contribution in [0.2, 0.25) is 0 Å². The first kappa shape index (κ1) is 19.0. The van der Waals surface area contributed by atoms with Crippen molar-refractivity contribution < 1.29 is 0 Å². The van der Waals surface area contributed by atoms with Crippen LogP contribution in [0.3, 0.4) is 0 Å². The fraction of sp³-hybridized carbons (Fsp3) is 1.00. The first-order valence-corrected chi connectivity index (χ1v) is 5.11. The van der Waals surface area contributed by atoms with Crippen LogP contribution in [-0.2, 0) is 0 Å². The predicted molar refractivity (Wildman–Crippen MR) is 68.1 cm³/mol. The Labute approximate surface area is 87.0 Å². The molecule has 0 amide bonds. The molecule has 0 radical (unpaired) electrons. The van der Waals surface area contributed by atoms with Gasteiger partial charge in [0, 0.05) is 5.54 Å². The smallest absolute Gasteiger partial charge is 0.0745 e. The minimum absolute atomic E-state index is 0. The third kappa shape index (κ3) is 6.42. The van der Waals surface area contributed by atoms with Crippen molar-refractivity contribution in [2.45, 2.75) is 54.0 Å². The van der Waals surface area contributed by atoms with Gasteiger partial charge >= 0.3 is 0 Å². The Balaban J connectivity index is -0.000000333. The van der Waals surface area contributed by atoms with E-state index in [4.69, 9.17) is 0 Å².